The van der Waals surface area contributed by atoms with Gasteiger partial charge in [0.2, 0.25) is 0 Å². The Kier molecular flexibility index (Phi) is 4.60. The SMILES string of the molecule is CN(C)/C=N/c1nc(=O)n(-c2ccc(S(C)(=O)=O)cc2)cc1F. The normalized spacial score (nSPS) is 11.8. The van der Waals surface area contributed by atoms with Crippen LogP contribution >= 0.6 is 0 Å². The van der Waals surface area contributed by atoms with Crippen molar-refractivity contribution in [3.05, 3.63) is 46.8 Å². The number of rotatable bonds is 4. The molecule has 9 heteroatoms. The lowest BCUT2D eigenvalue weighted by Crippen LogP contribution is -2.21. The Morgan fingerprint density at radius 1 is 1.26 bits per heavy atom. The Bertz CT molecular complexity index is 903. The van der Waals surface area contributed by atoms with Gasteiger partial charge >= 0.3 is 5.69 Å². The van der Waals surface area contributed by atoms with Crippen LogP contribution in [0.25, 0.3) is 5.69 Å². The van der Waals surface area contributed by atoms with E-state index in [1.807, 2.05) is 0 Å². The summed E-state index contributed by atoms with van der Waals surface area (Å²) in [5, 5.41) is 0. The predicted octanol–water partition coefficient (Wildman–Crippen LogP) is 0.996. The quantitative estimate of drug-likeness (QED) is 0.613. The topological polar surface area (TPSA) is 84.6 Å². The first kappa shape index (κ1) is 16.8. The van der Waals surface area contributed by atoms with Gasteiger partial charge in [-0.1, -0.05) is 0 Å². The van der Waals surface area contributed by atoms with Crippen LogP contribution in [0, 0.1) is 5.82 Å². The van der Waals surface area contributed by atoms with Crippen molar-refractivity contribution in [2.75, 3.05) is 20.4 Å². The van der Waals surface area contributed by atoms with Gasteiger partial charge in [-0.15, -0.1) is 0 Å². The third-order valence-electron chi connectivity index (χ3n) is 2.82. The largest absolute Gasteiger partial charge is 0.369 e. The van der Waals surface area contributed by atoms with E-state index >= 15 is 0 Å². The Morgan fingerprint density at radius 3 is 2.39 bits per heavy atom. The lowest BCUT2D eigenvalue weighted by atomic mass is 10.3. The number of halogens is 1. The van der Waals surface area contributed by atoms with E-state index in [2.05, 4.69) is 9.98 Å². The Hall–Kier alpha value is -2.55. The molecule has 0 saturated carbocycles. The summed E-state index contributed by atoms with van der Waals surface area (Å²) in [5.74, 6) is -1.08. The zero-order chi connectivity index (χ0) is 17.2. The molecule has 0 saturated heterocycles. The van der Waals surface area contributed by atoms with E-state index < -0.39 is 21.3 Å². The summed E-state index contributed by atoms with van der Waals surface area (Å²) in [4.78, 5) is 21.0. The van der Waals surface area contributed by atoms with E-state index in [1.54, 1.807) is 19.0 Å². The maximum Gasteiger partial charge on any atom is 0.354 e. The zero-order valence-electron chi connectivity index (χ0n) is 12.8. The smallest absolute Gasteiger partial charge is 0.354 e. The average molecular weight is 338 g/mol. The third kappa shape index (κ3) is 4.01. The highest BCUT2D eigenvalue weighted by molar-refractivity contribution is 7.90. The van der Waals surface area contributed by atoms with Gasteiger partial charge in [0.1, 0.15) is 0 Å². The summed E-state index contributed by atoms with van der Waals surface area (Å²) in [6.45, 7) is 0. The fourth-order valence-corrected chi connectivity index (χ4v) is 2.35. The van der Waals surface area contributed by atoms with E-state index in [0.29, 0.717) is 5.69 Å². The second kappa shape index (κ2) is 6.29. The molecule has 0 radical (unpaired) electrons. The Morgan fingerprint density at radius 2 is 1.87 bits per heavy atom. The van der Waals surface area contributed by atoms with Crippen molar-refractivity contribution in [2.24, 2.45) is 4.99 Å². The lowest BCUT2D eigenvalue weighted by Gasteiger charge is -2.07. The van der Waals surface area contributed by atoms with Crippen molar-refractivity contribution in [1.29, 1.82) is 0 Å². The van der Waals surface area contributed by atoms with E-state index in [4.69, 9.17) is 0 Å². The zero-order valence-corrected chi connectivity index (χ0v) is 13.6. The molecule has 0 fully saturated rings. The molecule has 0 spiro atoms. The molecule has 0 N–H and O–H groups in total. The second-order valence-electron chi connectivity index (χ2n) is 5.04. The molecule has 1 aromatic carbocycles. The number of aromatic nitrogens is 2. The molecule has 1 heterocycles. The monoisotopic (exact) mass is 338 g/mol. The molecule has 1 aromatic heterocycles. The third-order valence-corrected chi connectivity index (χ3v) is 3.95. The molecule has 2 aromatic rings. The predicted molar refractivity (Wildman–Crippen MR) is 84.7 cm³/mol. The van der Waals surface area contributed by atoms with Gasteiger partial charge in [0.15, 0.2) is 21.5 Å². The molecule has 122 valence electrons. The van der Waals surface area contributed by atoms with Gasteiger partial charge in [-0.05, 0) is 24.3 Å². The van der Waals surface area contributed by atoms with Crippen LogP contribution in [0.15, 0.2) is 45.1 Å². The summed E-state index contributed by atoms with van der Waals surface area (Å²) < 4.78 is 37.8. The summed E-state index contributed by atoms with van der Waals surface area (Å²) in [5.41, 5.74) is -0.415. The van der Waals surface area contributed by atoms with Gasteiger partial charge in [-0.2, -0.15) is 4.98 Å². The standard InChI is InChI=1S/C14H15FN4O3S/c1-18(2)9-16-13-12(15)8-19(14(20)17-13)10-4-6-11(7-5-10)23(3,21)22/h4-9H,1-3H3/b16-9+. The van der Waals surface area contributed by atoms with Crippen LogP contribution in [-0.2, 0) is 9.84 Å². The van der Waals surface area contributed by atoms with Crippen LogP contribution < -0.4 is 5.69 Å². The number of sulfone groups is 1. The van der Waals surface area contributed by atoms with Crippen LogP contribution in [-0.4, -0.2) is 49.6 Å². The second-order valence-corrected chi connectivity index (χ2v) is 7.06. The van der Waals surface area contributed by atoms with Crippen molar-refractivity contribution in [1.82, 2.24) is 14.5 Å². The van der Waals surface area contributed by atoms with Crippen molar-refractivity contribution in [3.63, 3.8) is 0 Å². The van der Waals surface area contributed by atoms with Crippen LogP contribution in [0.3, 0.4) is 0 Å². The van der Waals surface area contributed by atoms with Crippen LogP contribution in [0.4, 0.5) is 10.2 Å². The number of hydrogen-bond acceptors (Lipinski definition) is 5. The molecule has 0 atom stereocenters. The summed E-state index contributed by atoms with van der Waals surface area (Å²) >= 11 is 0. The van der Waals surface area contributed by atoms with Crippen molar-refractivity contribution in [3.8, 4) is 5.69 Å². The highest BCUT2D eigenvalue weighted by atomic mass is 32.2. The molecule has 0 aliphatic carbocycles. The van der Waals surface area contributed by atoms with E-state index in [-0.39, 0.29) is 10.7 Å². The molecule has 23 heavy (non-hydrogen) atoms. The molecule has 0 amide bonds. The molecule has 0 unspecified atom stereocenters. The van der Waals surface area contributed by atoms with Crippen molar-refractivity contribution < 1.29 is 12.8 Å². The van der Waals surface area contributed by atoms with Crippen LogP contribution in [0.1, 0.15) is 0 Å². The summed E-state index contributed by atoms with van der Waals surface area (Å²) in [6, 6.07) is 5.49. The first-order valence-electron chi connectivity index (χ1n) is 6.49. The number of benzene rings is 1. The lowest BCUT2D eigenvalue weighted by molar-refractivity contribution is 0.599. The first-order chi connectivity index (χ1) is 10.7. The Labute approximate surface area is 132 Å². The van der Waals surface area contributed by atoms with Gasteiger partial charge in [0.05, 0.1) is 23.1 Å². The number of hydrogen-bond donors (Lipinski definition) is 0. The maximum atomic E-state index is 14.0. The molecular formula is C14H15FN4O3S. The minimum Gasteiger partial charge on any atom is -0.369 e. The highest BCUT2D eigenvalue weighted by Gasteiger charge is 2.11. The average Bonchev–Trinajstić information content (AvgIpc) is 2.47. The molecule has 7 nitrogen and oxygen atoms in total. The van der Waals surface area contributed by atoms with Gasteiger partial charge < -0.3 is 4.90 Å². The summed E-state index contributed by atoms with van der Waals surface area (Å²) in [6.07, 6.45) is 3.37. The van der Waals surface area contributed by atoms with Gasteiger partial charge in [0.25, 0.3) is 0 Å². The van der Waals surface area contributed by atoms with E-state index in [1.165, 1.54) is 30.6 Å². The van der Waals surface area contributed by atoms with Gasteiger partial charge in [-0.25, -0.2) is 22.6 Å². The number of nitrogens with zero attached hydrogens (tertiary/aromatic N) is 4. The molecular weight excluding hydrogens is 323 g/mol. The maximum absolute atomic E-state index is 14.0. The van der Waals surface area contributed by atoms with E-state index in [0.717, 1.165) is 17.0 Å². The van der Waals surface area contributed by atoms with E-state index in [9.17, 15) is 17.6 Å². The fourth-order valence-electron chi connectivity index (χ4n) is 1.72. The summed E-state index contributed by atoms with van der Waals surface area (Å²) in [7, 11) is 0.0576. The fraction of sp³-hybridized carbons (Fsp3) is 0.214. The van der Waals surface area contributed by atoms with Gasteiger partial charge in [-0.3, -0.25) is 4.57 Å². The molecule has 0 aliphatic rings. The van der Waals surface area contributed by atoms with Crippen molar-refractivity contribution in [2.45, 2.75) is 4.90 Å². The Balaban J connectivity index is 2.45. The number of aliphatic imine (C=N–C) groups is 1. The molecule has 2 rings (SSSR count). The van der Waals surface area contributed by atoms with Crippen LogP contribution in [0.2, 0.25) is 0 Å². The highest BCUT2D eigenvalue weighted by Crippen LogP contribution is 2.15. The minimum absolute atomic E-state index is 0.106. The minimum atomic E-state index is -3.34. The molecule has 0 aliphatic heterocycles. The van der Waals surface area contributed by atoms with Crippen molar-refractivity contribution >= 4 is 22.0 Å². The van der Waals surface area contributed by atoms with Crippen LogP contribution in [0.5, 0.6) is 0 Å². The first-order valence-corrected chi connectivity index (χ1v) is 8.38. The van der Waals surface area contributed by atoms with Gasteiger partial charge in [0, 0.05) is 20.4 Å². The molecule has 0 bridgehead atoms.